The summed E-state index contributed by atoms with van der Waals surface area (Å²) in [5.41, 5.74) is 0.359. The van der Waals surface area contributed by atoms with Crippen LogP contribution in [0.1, 0.15) is 12.8 Å². The van der Waals surface area contributed by atoms with Gasteiger partial charge in [-0.2, -0.15) is 0 Å². The summed E-state index contributed by atoms with van der Waals surface area (Å²) in [4.78, 5) is 14.6. The van der Waals surface area contributed by atoms with Gasteiger partial charge in [0.15, 0.2) is 0 Å². The largest absolute Gasteiger partial charge is 0.364 e. The lowest BCUT2D eigenvalue weighted by Gasteiger charge is -2.37. The van der Waals surface area contributed by atoms with Crippen LogP contribution in [0, 0.1) is 15.9 Å². The van der Waals surface area contributed by atoms with E-state index in [2.05, 4.69) is 4.90 Å². The number of likely N-dealkylation sites (N-methyl/N-ethyl adjacent to an activating group) is 1. The first-order valence-corrected chi connectivity index (χ1v) is 6.34. The maximum atomic E-state index is 13.1. The first-order valence-electron chi connectivity index (χ1n) is 6.34. The Kier molecular flexibility index (Phi) is 3.99. The molecule has 1 heterocycles. The van der Waals surface area contributed by atoms with Crippen molar-refractivity contribution in [3.8, 4) is 0 Å². The van der Waals surface area contributed by atoms with E-state index in [4.69, 9.17) is 0 Å². The molecule has 19 heavy (non-hydrogen) atoms. The van der Waals surface area contributed by atoms with Crippen LogP contribution in [0.3, 0.4) is 0 Å². The third-order valence-electron chi connectivity index (χ3n) is 3.60. The predicted octanol–water partition coefficient (Wildman–Crippen LogP) is 2.26. The van der Waals surface area contributed by atoms with E-state index in [1.165, 1.54) is 12.1 Å². The smallest absolute Gasteiger partial charge is 0.295 e. The standard InChI is InChI=1S/C13H18FN3O2/c1-15(2)11-4-3-7-16(9-11)12-6-5-10(14)8-13(12)17(18)19/h5-6,8,11H,3-4,7,9H2,1-2H3. The number of hydrogen-bond donors (Lipinski definition) is 0. The van der Waals surface area contributed by atoms with Crippen LogP contribution in [0.4, 0.5) is 15.8 Å². The molecule has 1 unspecified atom stereocenters. The Morgan fingerprint density at radius 1 is 1.47 bits per heavy atom. The number of halogens is 1. The minimum Gasteiger partial charge on any atom is -0.364 e. The van der Waals surface area contributed by atoms with Crippen molar-refractivity contribution in [1.29, 1.82) is 0 Å². The van der Waals surface area contributed by atoms with Crippen LogP contribution in [0.2, 0.25) is 0 Å². The number of hydrogen-bond acceptors (Lipinski definition) is 4. The molecule has 1 atom stereocenters. The second-order valence-electron chi connectivity index (χ2n) is 5.10. The highest BCUT2D eigenvalue weighted by Gasteiger charge is 2.26. The van der Waals surface area contributed by atoms with Gasteiger partial charge in [-0.3, -0.25) is 10.1 Å². The zero-order chi connectivity index (χ0) is 14.0. The molecule has 0 saturated carbocycles. The first-order chi connectivity index (χ1) is 8.99. The van der Waals surface area contributed by atoms with Gasteiger partial charge < -0.3 is 9.80 Å². The minimum atomic E-state index is -0.573. The van der Waals surface area contributed by atoms with Crippen LogP contribution in [-0.2, 0) is 0 Å². The molecule has 2 rings (SSSR count). The van der Waals surface area contributed by atoms with E-state index in [1.54, 1.807) is 0 Å². The Hall–Kier alpha value is -1.69. The van der Waals surface area contributed by atoms with E-state index in [0.717, 1.165) is 32.0 Å². The van der Waals surface area contributed by atoms with E-state index in [9.17, 15) is 14.5 Å². The Balaban J connectivity index is 2.28. The molecule has 0 N–H and O–H groups in total. The molecule has 6 heteroatoms. The minimum absolute atomic E-state index is 0.153. The second kappa shape index (κ2) is 5.52. The van der Waals surface area contributed by atoms with Crippen molar-refractivity contribution < 1.29 is 9.31 Å². The van der Waals surface area contributed by atoms with Crippen LogP contribution < -0.4 is 4.90 Å². The van der Waals surface area contributed by atoms with E-state index < -0.39 is 10.7 Å². The van der Waals surface area contributed by atoms with E-state index in [0.29, 0.717) is 11.7 Å². The van der Waals surface area contributed by atoms with Crippen molar-refractivity contribution >= 4 is 11.4 Å². The molecule has 0 amide bonds. The van der Waals surface area contributed by atoms with Crippen molar-refractivity contribution in [2.24, 2.45) is 0 Å². The maximum Gasteiger partial charge on any atom is 0.295 e. The molecule has 0 bridgehead atoms. The quantitative estimate of drug-likeness (QED) is 0.622. The molecule has 1 aromatic carbocycles. The SMILES string of the molecule is CN(C)C1CCCN(c2ccc(F)cc2[N+](=O)[O-])C1. The van der Waals surface area contributed by atoms with Gasteiger partial charge in [0.1, 0.15) is 11.5 Å². The molecule has 1 fully saturated rings. The number of piperidine rings is 1. The van der Waals surface area contributed by atoms with Crippen molar-refractivity contribution in [2.45, 2.75) is 18.9 Å². The molecule has 0 aromatic heterocycles. The Morgan fingerprint density at radius 2 is 2.21 bits per heavy atom. The summed E-state index contributed by atoms with van der Waals surface area (Å²) in [5.74, 6) is -0.573. The van der Waals surface area contributed by atoms with Gasteiger partial charge in [0.05, 0.1) is 11.0 Å². The average molecular weight is 267 g/mol. The average Bonchev–Trinajstić information content (AvgIpc) is 2.38. The Labute approximate surface area is 111 Å². The van der Waals surface area contributed by atoms with Crippen molar-refractivity contribution in [2.75, 3.05) is 32.1 Å². The summed E-state index contributed by atoms with van der Waals surface area (Å²) < 4.78 is 13.1. The molecule has 0 spiro atoms. The fourth-order valence-electron chi connectivity index (χ4n) is 2.51. The van der Waals surface area contributed by atoms with Gasteiger partial charge in [0.25, 0.3) is 5.69 Å². The fourth-order valence-corrected chi connectivity index (χ4v) is 2.51. The first kappa shape index (κ1) is 13.7. The fraction of sp³-hybridized carbons (Fsp3) is 0.538. The van der Waals surface area contributed by atoms with Gasteiger partial charge in [-0.25, -0.2) is 4.39 Å². The van der Waals surface area contributed by atoms with Gasteiger partial charge in [0.2, 0.25) is 0 Å². The second-order valence-corrected chi connectivity index (χ2v) is 5.10. The van der Waals surface area contributed by atoms with Crippen molar-refractivity contribution in [3.63, 3.8) is 0 Å². The third kappa shape index (κ3) is 3.01. The zero-order valence-corrected chi connectivity index (χ0v) is 11.2. The van der Waals surface area contributed by atoms with Gasteiger partial charge >= 0.3 is 0 Å². The molecule has 104 valence electrons. The van der Waals surface area contributed by atoms with Gasteiger partial charge in [-0.1, -0.05) is 0 Å². The molecule has 0 radical (unpaired) electrons. The monoisotopic (exact) mass is 267 g/mol. The van der Waals surface area contributed by atoms with Gasteiger partial charge in [-0.15, -0.1) is 0 Å². The molecule has 1 aliphatic heterocycles. The summed E-state index contributed by atoms with van der Waals surface area (Å²) in [6, 6.07) is 4.15. The van der Waals surface area contributed by atoms with Crippen LogP contribution in [0.5, 0.6) is 0 Å². The lowest BCUT2D eigenvalue weighted by atomic mass is 10.0. The highest BCUT2D eigenvalue weighted by molar-refractivity contribution is 5.63. The molecule has 1 aromatic rings. The Bertz CT molecular complexity index is 479. The lowest BCUT2D eigenvalue weighted by molar-refractivity contribution is -0.384. The number of rotatable bonds is 3. The molecule has 0 aliphatic carbocycles. The van der Waals surface area contributed by atoms with Crippen molar-refractivity contribution in [1.82, 2.24) is 4.90 Å². The summed E-state index contributed by atoms with van der Waals surface area (Å²) in [7, 11) is 4.01. The van der Waals surface area contributed by atoms with Crippen LogP contribution in [-0.4, -0.2) is 43.0 Å². The van der Waals surface area contributed by atoms with Crippen molar-refractivity contribution in [3.05, 3.63) is 34.1 Å². The topological polar surface area (TPSA) is 49.6 Å². The van der Waals surface area contributed by atoms with E-state index >= 15 is 0 Å². The maximum absolute atomic E-state index is 13.1. The molecule has 1 aliphatic rings. The Morgan fingerprint density at radius 3 is 2.84 bits per heavy atom. The summed E-state index contributed by atoms with van der Waals surface area (Å²) >= 11 is 0. The number of nitro benzene ring substituents is 1. The predicted molar refractivity (Wildman–Crippen MR) is 72.0 cm³/mol. The zero-order valence-electron chi connectivity index (χ0n) is 11.2. The highest BCUT2D eigenvalue weighted by atomic mass is 19.1. The van der Waals surface area contributed by atoms with Crippen LogP contribution in [0.15, 0.2) is 18.2 Å². The third-order valence-corrected chi connectivity index (χ3v) is 3.60. The normalized spacial score (nSPS) is 19.8. The molecule has 5 nitrogen and oxygen atoms in total. The van der Waals surface area contributed by atoms with Gasteiger partial charge in [0, 0.05) is 19.1 Å². The van der Waals surface area contributed by atoms with Crippen LogP contribution >= 0.6 is 0 Å². The molecular formula is C13H18FN3O2. The van der Waals surface area contributed by atoms with E-state index in [1.807, 2.05) is 19.0 Å². The number of benzene rings is 1. The van der Waals surface area contributed by atoms with Gasteiger partial charge in [-0.05, 0) is 39.1 Å². The molecule has 1 saturated heterocycles. The van der Waals surface area contributed by atoms with Crippen LogP contribution in [0.25, 0.3) is 0 Å². The number of anilines is 1. The summed E-state index contributed by atoms with van der Waals surface area (Å²) in [5, 5.41) is 11.0. The summed E-state index contributed by atoms with van der Waals surface area (Å²) in [6.45, 7) is 1.51. The van der Waals surface area contributed by atoms with E-state index in [-0.39, 0.29) is 5.69 Å². The summed E-state index contributed by atoms with van der Waals surface area (Å²) in [6.07, 6.45) is 2.07. The lowest BCUT2D eigenvalue weighted by Crippen LogP contribution is -2.45. The highest BCUT2D eigenvalue weighted by Crippen LogP contribution is 2.31. The number of nitro groups is 1. The molecular weight excluding hydrogens is 249 g/mol. The number of nitrogens with zero attached hydrogens (tertiary/aromatic N) is 3.